The molecule has 1 aromatic heterocycles. The largest absolute Gasteiger partial charge is 0.299 e. The molecule has 4 aromatic carbocycles. The summed E-state index contributed by atoms with van der Waals surface area (Å²) in [5, 5.41) is 0. The molecule has 0 atom stereocenters. The van der Waals surface area contributed by atoms with Gasteiger partial charge < -0.3 is 0 Å². The fourth-order valence-corrected chi connectivity index (χ4v) is 6.09. The second-order valence-corrected chi connectivity index (χ2v) is 12.5. The van der Waals surface area contributed by atoms with Gasteiger partial charge >= 0.3 is 0 Å². The molecule has 0 aliphatic rings. The first kappa shape index (κ1) is 28.6. The van der Waals surface area contributed by atoms with Crippen molar-refractivity contribution >= 4 is 0 Å². The van der Waals surface area contributed by atoms with Gasteiger partial charge in [-0.05, 0) is 35.8 Å². The van der Waals surface area contributed by atoms with Crippen LogP contribution in [0.2, 0.25) is 0 Å². The van der Waals surface area contributed by atoms with Gasteiger partial charge in [-0.15, -0.1) is 0 Å². The molecule has 1 heterocycles. The van der Waals surface area contributed by atoms with Crippen LogP contribution in [0, 0.1) is 0 Å². The molecule has 2 heteroatoms. The lowest BCUT2D eigenvalue weighted by molar-refractivity contribution is -0.583. The van der Waals surface area contributed by atoms with E-state index in [4.69, 9.17) is 0 Å². The summed E-state index contributed by atoms with van der Waals surface area (Å²) in [6.07, 6.45) is 2.39. The Balaban J connectivity index is 2.05. The molecule has 0 bridgehead atoms. The first-order valence-electron chi connectivity index (χ1n) is 15.2. The van der Waals surface area contributed by atoms with Crippen molar-refractivity contribution in [1.29, 1.82) is 0 Å². The maximum Gasteiger partial charge on any atom is 0.299 e. The van der Waals surface area contributed by atoms with Gasteiger partial charge in [0.1, 0.15) is 17.6 Å². The highest BCUT2D eigenvalue weighted by atomic mass is 15.2. The highest BCUT2D eigenvalue weighted by molar-refractivity contribution is 5.71. The smallest absolute Gasteiger partial charge is 0.194 e. The summed E-state index contributed by atoms with van der Waals surface area (Å²) in [6, 6.07) is 35.6. The number of imidazole rings is 1. The quantitative estimate of drug-likeness (QED) is 0.173. The third-order valence-corrected chi connectivity index (χ3v) is 8.18. The van der Waals surface area contributed by atoms with E-state index in [1.54, 1.807) is 0 Å². The van der Waals surface area contributed by atoms with Crippen molar-refractivity contribution in [3.05, 3.63) is 126 Å². The molecule has 2 nitrogen and oxygen atoms in total. The van der Waals surface area contributed by atoms with Crippen molar-refractivity contribution in [2.75, 3.05) is 0 Å². The zero-order valence-corrected chi connectivity index (χ0v) is 26.0. The lowest BCUT2D eigenvalue weighted by Crippen LogP contribution is -2.35. The van der Waals surface area contributed by atoms with Crippen LogP contribution in [0.4, 0.5) is 0 Å². The first-order valence-corrected chi connectivity index (χ1v) is 15.2. The van der Waals surface area contributed by atoms with Gasteiger partial charge in [0.15, 0.2) is 5.69 Å². The maximum absolute atomic E-state index is 2.57. The summed E-state index contributed by atoms with van der Waals surface area (Å²) in [7, 11) is 0. The normalized spacial score (nSPS) is 11.8. The Hall–Kier alpha value is -3.91. The molecule has 210 valence electrons. The Kier molecular flexibility index (Phi) is 8.31. The second-order valence-electron chi connectivity index (χ2n) is 12.5. The molecule has 0 fully saturated rings. The molecule has 0 amide bonds. The van der Waals surface area contributed by atoms with E-state index in [2.05, 4.69) is 168 Å². The summed E-state index contributed by atoms with van der Waals surface area (Å²) in [4.78, 5) is 0. The van der Waals surface area contributed by atoms with E-state index in [0.29, 0.717) is 23.7 Å². The Bertz CT molecular complexity index is 1570. The maximum atomic E-state index is 2.57. The van der Waals surface area contributed by atoms with Crippen LogP contribution in [0.25, 0.3) is 34.0 Å². The predicted molar refractivity (Wildman–Crippen MR) is 175 cm³/mol. The molecule has 5 rings (SSSR count). The van der Waals surface area contributed by atoms with E-state index >= 15 is 0 Å². The summed E-state index contributed by atoms with van der Waals surface area (Å²) >= 11 is 0. The highest BCUT2D eigenvalue weighted by Crippen LogP contribution is 2.39. The fourth-order valence-electron chi connectivity index (χ4n) is 6.09. The molecule has 0 saturated carbocycles. The van der Waals surface area contributed by atoms with E-state index in [1.807, 2.05) is 0 Å². The van der Waals surface area contributed by atoms with Crippen molar-refractivity contribution in [1.82, 2.24) is 4.57 Å². The number of benzene rings is 4. The van der Waals surface area contributed by atoms with E-state index in [9.17, 15) is 0 Å². The third kappa shape index (κ3) is 5.40. The van der Waals surface area contributed by atoms with Crippen LogP contribution in [-0.2, 0) is 0 Å². The summed E-state index contributed by atoms with van der Waals surface area (Å²) in [5.74, 6) is 2.71. The van der Waals surface area contributed by atoms with Crippen LogP contribution >= 0.6 is 0 Å². The van der Waals surface area contributed by atoms with Crippen molar-refractivity contribution < 1.29 is 4.57 Å². The van der Waals surface area contributed by atoms with E-state index < -0.39 is 0 Å². The average molecular weight is 542 g/mol. The molecule has 0 radical (unpaired) electrons. The molecule has 0 N–H and O–H groups in total. The van der Waals surface area contributed by atoms with Gasteiger partial charge in [0.05, 0.1) is 5.56 Å². The van der Waals surface area contributed by atoms with Gasteiger partial charge in [0, 0.05) is 27.8 Å². The standard InChI is InChI=1S/C39H45N2/c1-26(2)32-21-15-22-33(27(3)4)37(32)40-25-36(30-17-11-9-12-18-30)41(39(40)31-19-13-10-14-20-31)38-34(28(5)6)23-16-24-35(38)29(7)8/h9-29H,1-8H3/q+1. The minimum Gasteiger partial charge on any atom is -0.194 e. The number of para-hydroxylation sites is 2. The molecular weight excluding hydrogens is 496 g/mol. The van der Waals surface area contributed by atoms with Gasteiger partial charge in [-0.1, -0.05) is 140 Å². The topological polar surface area (TPSA) is 8.81 Å². The van der Waals surface area contributed by atoms with Crippen LogP contribution in [0.15, 0.2) is 103 Å². The molecule has 0 aliphatic carbocycles. The third-order valence-electron chi connectivity index (χ3n) is 8.18. The SMILES string of the molecule is CC(C)c1cccc(C(C)C)c1-n1c(-c2ccccc2)c[n+](-c2c(C(C)C)cccc2C(C)C)c1-c1ccccc1. The van der Waals surface area contributed by atoms with Crippen molar-refractivity contribution in [3.8, 4) is 34.0 Å². The van der Waals surface area contributed by atoms with E-state index in [0.717, 1.165) is 0 Å². The molecule has 0 unspecified atom stereocenters. The summed E-state index contributed by atoms with van der Waals surface area (Å²) in [5.41, 5.74) is 11.7. The number of hydrogen-bond acceptors (Lipinski definition) is 0. The fraction of sp³-hybridized carbons (Fsp3) is 0.308. The van der Waals surface area contributed by atoms with Crippen LogP contribution in [0.3, 0.4) is 0 Å². The minimum absolute atomic E-state index is 0.376. The van der Waals surface area contributed by atoms with Crippen LogP contribution in [0.5, 0.6) is 0 Å². The van der Waals surface area contributed by atoms with Crippen molar-refractivity contribution in [3.63, 3.8) is 0 Å². The average Bonchev–Trinajstić information content (AvgIpc) is 3.37. The molecule has 0 aliphatic heterocycles. The van der Waals surface area contributed by atoms with Gasteiger partial charge in [-0.25, -0.2) is 0 Å². The first-order chi connectivity index (χ1) is 19.7. The Morgan fingerprint density at radius 2 is 0.878 bits per heavy atom. The monoisotopic (exact) mass is 541 g/mol. The van der Waals surface area contributed by atoms with Gasteiger partial charge in [-0.2, -0.15) is 9.13 Å². The molecule has 41 heavy (non-hydrogen) atoms. The Labute approximate surface area is 247 Å². The van der Waals surface area contributed by atoms with E-state index in [-0.39, 0.29) is 0 Å². The Morgan fingerprint density at radius 3 is 1.32 bits per heavy atom. The zero-order valence-electron chi connectivity index (χ0n) is 26.0. The summed E-state index contributed by atoms with van der Waals surface area (Å²) < 4.78 is 5.07. The predicted octanol–water partition coefficient (Wildman–Crippen LogP) is 10.6. The van der Waals surface area contributed by atoms with E-state index in [1.165, 1.54) is 56.3 Å². The van der Waals surface area contributed by atoms with Gasteiger partial charge in [0.25, 0.3) is 5.82 Å². The van der Waals surface area contributed by atoms with Crippen LogP contribution in [0.1, 0.15) is 101 Å². The number of rotatable bonds is 8. The highest BCUT2D eigenvalue weighted by Gasteiger charge is 2.34. The van der Waals surface area contributed by atoms with Gasteiger partial charge in [0.2, 0.25) is 0 Å². The second kappa shape index (κ2) is 11.9. The number of hydrogen-bond donors (Lipinski definition) is 0. The lowest BCUT2D eigenvalue weighted by atomic mass is 9.91. The lowest BCUT2D eigenvalue weighted by Gasteiger charge is -2.20. The van der Waals surface area contributed by atoms with Crippen LogP contribution in [-0.4, -0.2) is 4.57 Å². The van der Waals surface area contributed by atoms with Gasteiger partial charge in [-0.3, -0.25) is 0 Å². The Morgan fingerprint density at radius 1 is 0.463 bits per heavy atom. The number of nitrogens with zero attached hydrogens (tertiary/aromatic N) is 2. The molecule has 5 aromatic rings. The van der Waals surface area contributed by atoms with Crippen LogP contribution < -0.4 is 4.57 Å². The molecule has 0 saturated heterocycles. The zero-order chi connectivity index (χ0) is 29.3. The number of aromatic nitrogens is 2. The molecular formula is C39H45N2+. The van der Waals surface area contributed by atoms with Crippen molar-refractivity contribution in [2.45, 2.75) is 79.1 Å². The van der Waals surface area contributed by atoms with Crippen molar-refractivity contribution in [2.24, 2.45) is 0 Å². The molecule has 0 spiro atoms. The minimum atomic E-state index is 0.376. The summed E-state index contributed by atoms with van der Waals surface area (Å²) in [6.45, 7) is 18.5.